The van der Waals surface area contributed by atoms with Crippen molar-refractivity contribution in [1.29, 1.82) is 0 Å². The number of hydrogen-bond donors (Lipinski definition) is 3. The van der Waals surface area contributed by atoms with Crippen molar-refractivity contribution in [3.63, 3.8) is 0 Å². The average molecular weight is 662 g/mol. The summed E-state index contributed by atoms with van der Waals surface area (Å²) in [4.78, 5) is 35.9. The van der Waals surface area contributed by atoms with Crippen LogP contribution in [0.15, 0.2) is 18.2 Å². The van der Waals surface area contributed by atoms with E-state index in [-0.39, 0.29) is 18.5 Å². The van der Waals surface area contributed by atoms with E-state index in [4.69, 9.17) is 9.84 Å². The zero-order chi connectivity index (χ0) is 34.3. The van der Waals surface area contributed by atoms with E-state index in [1.165, 1.54) is 26.2 Å². The summed E-state index contributed by atoms with van der Waals surface area (Å²) in [7, 11) is -1.11. The average Bonchev–Trinajstić information content (AvgIpc) is 2.94. The molecule has 14 heteroatoms. The number of hydrogen-bond acceptors (Lipinski definition) is 8. The van der Waals surface area contributed by atoms with E-state index in [0.717, 1.165) is 55.3 Å². The second-order valence-corrected chi connectivity index (χ2v) is 13.7. The van der Waals surface area contributed by atoms with Crippen LogP contribution >= 0.6 is 0 Å². The van der Waals surface area contributed by atoms with Crippen LogP contribution in [0.3, 0.4) is 0 Å². The van der Waals surface area contributed by atoms with Crippen molar-refractivity contribution in [1.82, 2.24) is 4.31 Å². The molecule has 1 aromatic carbocycles. The third-order valence-electron chi connectivity index (χ3n) is 8.11. The number of nitrogens with one attached hydrogen (secondary N) is 1. The zero-order valence-electron chi connectivity index (χ0n) is 27.3. The number of carbonyl (C=O) groups is 3. The molecule has 0 radical (unpaired) electrons. The fourth-order valence-corrected chi connectivity index (χ4v) is 5.91. The fourth-order valence-electron chi connectivity index (χ4n) is 5.30. The second-order valence-electron chi connectivity index (χ2n) is 11.8. The number of benzene rings is 1. The first-order valence-electron chi connectivity index (χ1n) is 15.7. The van der Waals surface area contributed by atoms with Gasteiger partial charge in [0.15, 0.2) is 0 Å². The van der Waals surface area contributed by atoms with Crippen LogP contribution in [0.2, 0.25) is 0 Å². The Kier molecular flexibility index (Phi) is 17.0. The van der Waals surface area contributed by atoms with Crippen LogP contribution in [0, 0.1) is 5.82 Å². The Hall–Kier alpha value is -2.81. The number of unbranched alkanes of at least 4 members (excludes halogenated alkanes) is 5. The Balaban J connectivity index is 3.30. The molecule has 0 fully saturated rings. The molecule has 45 heavy (non-hydrogen) atoms. The van der Waals surface area contributed by atoms with Crippen LogP contribution in [0.25, 0.3) is 0 Å². The minimum atomic E-state index is -3.81. The Bertz CT molecular complexity index is 1210. The van der Waals surface area contributed by atoms with Gasteiger partial charge in [0.1, 0.15) is 11.4 Å². The zero-order valence-corrected chi connectivity index (χ0v) is 28.2. The molecule has 0 heterocycles. The Morgan fingerprint density at radius 3 is 2.13 bits per heavy atom. The first kappa shape index (κ1) is 40.2. The quantitative estimate of drug-likeness (QED) is 0.0651. The number of carboxylic acid groups (broad SMARTS) is 2. The van der Waals surface area contributed by atoms with Crippen molar-refractivity contribution in [3.05, 3.63) is 29.6 Å². The largest absolute Gasteiger partial charge is 0.547 e. The molecule has 0 bridgehead atoms. The lowest BCUT2D eigenvalue weighted by Crippen LogP contribution is -2.59. The van der Waals surface area contributed by atoms with Crippen molar-refractivity contribution in [2.24, 2.45) is 0 Å². The number of carbonyl (C=O) groups excluding carboxylic acids is 2. The molecule has 1 rings (SSSR count). The maximum absolute atomic E-state index is 15.0. The number of aliphatic carboxylic acids is 2. The summed E-state index contributed by atoms with van der Waals surface area (Å²) in [6.07, 6.45) is 4.52. The summed E-state index contributed by atoms with van der Waals surface area (Å²) in [5.41, 5.74) is -2.52. The molecule has 0 amide bonds. The number of nitrogens with zero attached hydrogens (tertiary/aromatic N) is 2. The molecule has 1 aromatic rings. The number of anilines is 1. The number of esters is 1. The minimum absolute atomic E-state index is 0.0724. The highest BCUT2D eigenvalue weighted by molar-refractivity contribution is 7.90. The van der Waals surface area contributed by atoms with Crippen LogP contribution in [-0.2, 0) is 35.8 Å². The fraction of sp³-hybridized carbons (Fsp3) is 0.710. The second kappa shape index (κ2) is 19.0. The molecule has 3 unspecified atom stereocenters. The van der Waals surface area contributed by atoms with Gasteiger partial charge in [-0.1, -0.05) is 39.2 Å². The SMILES string of the molecule is CCCCCC[N+](CC)(CCCCC)C(CCCc1ccc(NS(=O)(=O)N(C)C)cc1F)OC(=O)CC(O)(CC(=O)O)C(=O)[O-]. The molecule has 0 aromatic heterocycles. The van der Waals surface area contributed by atoms with Gasteiger partial charge in [0.2, 0.25) is 6.23 Å². The summed E-state index contributed by atoms with van der Waals surface area (Å²) in [6, 6.07) is 4.05. The summed E-state index contributed by atoms with van der Waals surface area (Å²) in [6.45, 7) is 8.14. The lowest BCUT2D eigenvalue weighted by atomic mass is 9.96. The van der Waals surface area contributed by atoms with Gasteiger partial charge in [0.25, 0.3) is 0 Å². The Morgan fingerprint density at radius 1 is 1.02 bits per heavy atom. The molecule has 0 saturated heterocycles. The van der Waals surface area contributed by atoms with E-state index in [1.54, 1.807) is 0 Å². The molecule has 258 valence electrons. The van der Waals surface area contributed by atoms with Gasteiger partial charge in [-0.3, -0.25) is 18.8 Å². The van der Waals surface area contributed by atoms with Crippen molar-refractivity contribution in [2.45, 2.75) is 110 Å². The number of rotatable bonds is 24. The molecular weight excluding hydrogens is 609 g/mol. The number of aliphatic hydroxyl groups is 1. The molecule has 3 atom stereocenters. The van der Waals surface area contributed by atoms with E-state index in [1.807, 2.05) is 6.92 Å². The van der Waals surface area contributed by atoms with E-state index in [9.17, 15) is 37.4 Å². The van der Waals surface area contributed by atoms with Gasteiger partial charge < -0.3 is 24.9 Å². The van der Waals surface area contributed by atoms with Crippen LogP contribution in [-0.4, -0.2) is 90.9 Å². The summed E-state index contributed by atoms with van der Waals surface area (Å²) >= 11 is 0. The van der Waals surface area contributed by atoms with Crippen LogP contribution in [0.1, 0.15) is 97.0 Å². The lowest BCUT2D eigenvalue weighted by molar-refractivity contribution is -0.968. The predicted octanol–water partition coefficient (Wildman–Crippen LogP) is 3.19. The van der Waals surface area contributed by atoms with Crippen molar-refractivity contribution < 1.29 is 51.7 Å². The molecule has 0 saturated carbocycles. The summed E-state index contributed by atoms with van der Waals surface area (Å²) < 4.78 is 48.8. The number of carboxylic acids is 2. The standard InChI is InChI=1S/C31H52FN3O9S/c1-6-9-11-13-20-35(8-3,19-12-10-7-2)27(44-29(38)23-31(41,30(39)40)22-28(36)37)16-14-15-24-17-18-25(21-26(24)32)33-45(42,43)34(4)5/h17-18,21,27,33,41H,6-16,19-20,22-23H2,1-5H3,(H-,36,37,39,40). The molecule has 0 aliphatic heterocycles. The van der Waals surface area contributed by atoms with E-state index in [2.05, 4.69) is 18.6 Å². The number of aryl methyl sites for hydroxylation is 1. The van der Waals surface area contributed by atoms with Crippen LogP contribution in [0.5, 0.6) is 0 Å². The highest BCUT2D eigenvalue weighted by atomic mass is 32.2. The van der Waals surface area contributed by atoms with Gasteiger partial charge in [-0.2, -0.15) is 12.7 Å². The smallest absolute Gasteiger partial charge is 0.313 e. The highest BCUT2D eigenvalue weighted by Crippen LogP contribution is 2.27. The van der Waals surface area contributed by atoms with E-state index >= 15 is 0 Å². The van der Waals surface area contributed by atoms with Crippen molar-refractivity contribution in [3.8, 4) is 0 Å². The third kappa shape index (κ3) is 13.2. The van der Waals surface area contributed by atoms with Gasteiger partial charge in [0.05, 0.1) is 44.1 Å². The number of quaternary nitrogens is 1. The van der Waals surface area contributed by atoms with E-state index < -0.39 is 58.6 Å². The first-order valence-corrected chi connectivity index (χ1v) is 17.2. The van der Waals surface area contributed by atoms with Crippen LogP contribution < -0.4 is 9.83 Å². The van der Waals surface area contributed by atoms with Crippen LogP contribution in [0.4, 0.5) is 10.1 Å². The molecule has 0 spiro atoms. The maximum atomic E-state index is 15.0. The van der Waals surface area contributed by atoms with Gasteiger partial charge in [-0.15, -0.1) is 0 Å². The molecule has 12 nitrogen and oxygen atoms in total. The predicted molar refractivity (Wildman–Crippen MR) is 166 cm³/mol. The van der Waals surface area contributed by atoms with E-state index in [0.29, 0.717) is 36.1 Å². The number of ether oxygens (including phenoxy) is 1. The highest BCUT2D eigenvalue weighted by Gasteiger charge is 2.41. The van der Waals surface area contributed by atoms with Crippen molar-refractivity contribution >= 4 is 33.8 Å². The van der Waals surface area contributed by atoms with Gasteiger partial charge in [-0.05, 0) is 63.1 Å². The Morgan fingerprint density at radius 2 is 1.62 bits per heavy atom. The first-order chi connectivity index (χ1) is 21.1. The topological polar surface area (TPSA) is 173 Å². The monoisotopic (exact) mass is 661 g/mol. The Labute approximate surface area is 267 Å². The lowest BCUT2D eigenvalue weighted by Gasteiger charge is -2.44. The van der Waals surface area contributed by atoms with Crippen molar-refractivity contribution in [2.75, 3.05) is 38.5 Å². The molecule has 3 N–H and O–H groups in total. The minimum Gasteiger partial charge on any atom is -0.547 e. The normalized spacial score (nSPS) is 15.2. The van der Waals surface area contributed by atoms with Gasteiger partial charge in [-0.25, -0.2) is 4.39 Å². The molecule has 0 aliphatic carbocycles. The van der Waals surface area contributed by atoms with Gasteiger partial charge >= 0.3 is 22.1 Å². The molecule has 0 aliphatic rings. The third-order valence-corrected chi connectivity index (χ3v) is 9.57. The summed E-state index contributed by atoms with van der Waals surface area (Å²) in [5, 5.41) is 31.1. The summed E-state index contributed by atoms with van der Waals surface area (Å²) in [5.74, 6) is -5.35. The number of halogens is 1. The molecular formula is C31H52FN3O9S. The maximum Gasteiger partial charge on any atom is 0.313 e. The van der Waals surface area contributed by atoms with Gasteiger partial charge in [0, 0.05) is 20.5 Å².